The van der Waals surface area contributed by atoms with Gasteiger partial charge in [-0.1, -0.05) is 0 Å². The first-order valence-electron chi connectivity index (χ1n) is 10.4. The van der Waals surface area contributed by atoms with Gasteiger partial charge in [0.1, 0.15) is 40.3 Å². The van der Waals surface area contributed by atoms with Crippen LogP contribution in [0.15, 0.2) is 29.4 Å². The fourth-order valence-corrected chi connectivity index (χ4v) is 4.31. The SMILES string of the molecule is CC(=O)c1c(O)c(C)c(O)c2c1OC1=CC(=O)/C(=C(/C)NCCc3ncn(C)n3)C(=O)[C@]12C. The number of hydrogen-bond acceptors (Lipinski definition) is 9. The Morgan fingerprint density at radius 2 is 1.94 bits per heavy atom. The van der Waals surface area contributed by atoms with Crippen LogP contribution in [0.3, 0.4) is 0 Å². The Hall–Kier alpha value is -3.95. The molecule has 2 aliphatic rings. The van der Waals surface area contributed by atoms with Crippen LogP contribution < -0.4 is 10.1 Å². The Morgan fingerprint density at radius 3 is 2.55 bits per heavy atom. The van der Waals surface area contributed by atoms with Gasteiger partial charge in [0.25, 0.3) is 0 Å². The molecule has 0 bridgehead atoms. The zero-order valence-corrected chi connectivity index (χ0v) is 18.9. The average molecular weight is 452 g/mol. The maximum atomic E-state index is 13.7. The number of phenolic OH excluding ortho intramolecular Hbond substituents is 2. The van der Waals surface area contributed by atoms with Gasteiger partial charge in [-0.3, -0.25) is 19.1 Å². The second kappa shape index (κ2) is 7.58. The van der Waals surface area contributed by atoms with Crippen LogP contribution in [-0.4, -0.2) is 48.9 Å². The smallest absolute Gasteiger partial charge is 0.194 e. The standard InChI is InChI=1S/C23H24N4O6/c1-10-19(30)17(12(3)28)21-18(20(10)31)23(4)14(33-21)8-13(29)16(22(23)32)11(2)24-7-6-15-25-9-27(5)26-15/h8-9,24,30-31H,6-7H2,1-5H3/b16-11+/t23-/m1/s1. The molecule has 10 nitrogen and oxygen atoms in total. The van der Waals surface area contributed by atoms with Gasteiger partial charge in [0.05, 0.1) is 11.1 Å². The first-order chi connectivity index (χ1) is 15.5. The second-order valence-electron chi connectivity index (χ2n) is 8.40. The van der Waals surface area contributed by atoms with Crippen LogP contribution in [0.4, 0.5) is 0 Å². The highest BCUT2D eigenvalue weighted by molar-refractivity contribution is 6.31. The van der Waals surface area contributed by atoms with Crippen LogP contribution in [0.1, 0.15) is 48.1 Å². The third-order valence-electron chi connectivity index (χ3n) is 6.15. The third-order valence-corrected chi connectivity index (χ3v) is 6.15. The topological polar surface area (TPSA) is 144 Å². The number of rotatable bonds is 5. The number of ether oxygens (including phenoxy) is 1. The van der Waals surface area contributed by atoms with E-state index in [1.165, 1.54) is 26.8 Å². The molecule has 0 fully saturated rings. The Morgan fingerprint density at radius 1 is 1.24 bits per heavy atom. The van der Waals surface area contributed by atoms with E-state index >= 15 is 0 Å². The van der Waals surface area contributed by atoms with Gasteiger partial charge in [0, 0.05) is 37.3 Å². The highest BCUT2D eigenvalue weighted by Gasteiger charge is 2.56. The summed E-state index contributed by atoms with van der Waals surface area (Å²) in [6.07, 6.45) is 3.26. The van der Waals surface area contributed by atoms with Crippen molar-refractivity contribution in [3.8, 4) is 17.2 Å². The van der Waals surface area contributed by atoms with Crippen molar-refractivity contribution in [1.29, 1.82) is 0 Å². The summed E-state index contributed by atoms with van der Waals surface area (Å²) in [7, 11) is 1.76. The van der Waals surface area contributed by atoms with Gasteiger partial charge in [0.2, 0.25) is 0 Å². The normalized spacial score (nSPS) is 20.7. The summed E-state index contributed by atoms with van der Waals surface area (Å²) < 4.78 is 7.33. The van der Waals surface area contributed by atoms with Crippen molar-refractivity contribution in [3.05, 3.63) is 51.9 Å². The Kier molecular flexibility index (Phi) is 5.11. The van der Waals surface area contributed by atoms with Gasteiger partial charge in [0.15, 0.2) is 23.2 Å². The molecule has 3 N–H and O–H groups in total. The maximum absolute atomic E-state index is 13.7. The molecule has 1 aliphatic heterocycles. The minimum absolute atomic E-state index is 0.00420. The Balaban J connectivity index is 1.76. The van der Waals surface area contributed by atoms with E-state index in [-0.39, 0.29) is 39.5 Å². The molecule has 1 aliphatic carbocycles. The number of carbonyl (C=O) groups is 3. The van der Waals surface area contributed by atoms with E-state index in [0.717, 1.165) is 0 Å². The molecule has 0 saturated heterocycles. The second-order valence-corrected chi connectivity index (χ2v) is 8.40. The number of nitrogens with one attached hydrogen (secondary N) is 1. The van der Waals surface area contributed by atoms with Crippen molar-refractivity contribution >= 4 is 17.3 Å². The van der Waals surface area contributed by atoms with Crippen molar-refractivity contribution in [3.63, 3.8) is 0 Å². The summed E-state index contributed by atoms with van der Waals surface area (Å²) in [5, 5.41) is 28.5. The summed E-state index contributed by atoms with van der Waals surface area (Å²) in [5.41, 5.74) is -1.25. The molecule has 1 atom stereocenters. The molecule has 2 heterocycles. The fourth-order valence-electron chi connectivity index (χ4n) is 4.31. The summed E-state index contributed by atoms with van der Waals surface area (Å²) in [6, 6.07) is 0. The van der Waals surface area contributed by atoms with Gasteiger partial charge in [-0.05, 0) is 27.7 Å². The highest BCUT2D eigenvalue weighted by atomic mass is 16.5. The molecule has 2 aromatic rings. The number of aryl methyl sites for hydroxylation is 1. The lowest BCUT2D eigenvalue weighted by atomic mass is 9.70. The molecule has 0 spiro atoms. The van der Waals surface area contributed by atoms with Crippen LogP contribution in [0.5, 0.6) is 17.2 Å². The number of Topliss-reactive ketones (excluding diaryl/α,β-unsaturated/α-hetero) is 2. The number of benzene rings is 1. The van der Waals surface area contributed by atoms with E-state index in [4.69, 9.17) is 4.74 Å². The van der Waals surface area contributed by atoms with Crippen LogP contribution in [0.2, 0.25) is 0 Å². The molecular weight excluding hydrogens is 428 g/mol. The minimum atomic E-state index is -1.53. The van der Waals surface area contributed by atoms with Gasteiger partial charge in [-0.25, -0.2) is 4.98 Å². The molecule has 0 unspecified atom stereocenters. The van der Waals surface area contributed by atoms with Gasteiger partial charge < -0.3 is 20.3 Å². The molecule has 1 aromatic carbocycles. The molecule has 0 radical (unpaired) electrons. The molecule has 0 saturated carbocycles. The van der Waals surface area contributed by atoms with Crippen LogP contribution >= 0.6 is 0 Å². The predicted octanol–water partition coefficient (Wildman–Crippen LogP) is 1.53. The molecule has 4 rings (SSSR count). The number of hydrogen-bond donors (Lipinski definition) is 3. The monoisotopic (exact) mass is 452 g/mol. The summed E-state index contributed by atoms with van der Waals surface area (Å²) >= 11 is 0. The van der Waals surface area contributed by atoms with E-state index in [0.29, 0.717) is 24.5 Å². The largest absolute Gasteiger partial charge is 0.507 e. The number of aromatic nitrogens is 3. The zero-order valence-electron chi connectivity index (χ0n) is 18.9. The maximum Gasteiger partial charge on any atom is 0.194 e. The van der Waals surface area contributed by atoms with Gasteiger partial charge in [-0.15, -0.1) is 0 Å². The van der Waals surface area contributed by atoms with Crippen molar-refractivity contribution < 1.29 is 29.3 Å². The molecule has 1 aromatic heterocycles. The third kappa shape index (κ3) is 3.21. The Labute approximate surface area is 189 Å². The quantitative estimate of drug-likeness (QED) is 0.349. The predicted molar refractivity (Wildman–Crippen MR) is 116 cm³/mol. The fraction of sp³-hybridized carbons (Fsp3) is 0.348. The molecule has 172 valence electrons. The van der Waals surface area contributed by atoms with Crippen molar-refractivity contribution in [2.75, 3.05) is 6.54 Å². The number of phenols is 2. The van der Waals surface area contributed by atoms with Crippen molar-refractivity contribution in [2.24, 2.45) is 7.05 Å². The zero-order chi connectivity index (χ0) is 24.2. The van der Waals surface area contributed by atoms with E-state index in [2.05, 4.69) is 15.4 Å². The van der Waals surface area contributed by atoms with E-state index in [9.17, 15) is 24.6 Å². The Bertz CT molecular complexity index is 1300. The molecular formula is C23H24N4O6. The van der Waals surface area contributed by atoms with E-state index < -0.39 is 28.5 Å². The van der Waals surface area contributed by atoms with Crippen molar-refractivity contribution in [2.45, 2.75) is 39.5 Å². The number of nitrogens with zero attached hydrogens (tertiary/aromatic N) is 3. The lowest BCUT2D eigenvalue weighted by Crippen LogP contribution is -2.41. The van der Waals surface area contributed by atoms with Crippen LogP contribution in [0, 0.1) is 6.92 Å². The summed E-state index contributed by atoms with van der Waals surface area (Å²) in [6.45, 7) is 6.24. The minimum Gasteiger partial charge on any atom is -0.507 e. The summed E-state index contributed by atoms with van der Waals surface area (Å²) in [4.78, 5) is 42.9. The highest BCUT2D eigenvalue weighted by Crippen LogP contribution is 2.57. The summed E-state index contributed by atoms with van der Waals surface area (Å²) in [5.74, 6) is -1.87. The van der Waals surface area contributed by atoms with Gasteiger partial charge >= 0.3 is 0 Å². The molecule has 10 heteroatoms. The lowest BCUT2D eigenvalue weighted by molar-refractivity contribution is -0.123. The number of carbonyl (C=O) groups excluding carboxylic acids is 3. The number of aromatic hydroxyl groups is 2. The van der Waals surface area contributed by atoms with E-state index in [1.807, 2.05) is 0 Å². The molecule has 0 amide bonds. The van der Waals surface area contributed by atoms with Crippen LogP contribution in [-0.2, 0) is 28.5 Å². The first-order valence-corrected chi connectivity index (χ1v) is 10.4. The number of ketones is 3. The number of fused-ring (bicyclic) bond motifs is 3. The van der Waals surface area contributed by atoms with E-state index in [1.54, 1.807) is 25.0 Å². The average Bonchev–Trinajstić information content (AvgIpc) is 3.27. The first kappa shape index (κ1) is 22.3. The number of allylic oxidation sites excluding steroid dienone is 4. The van der Waals surface area contributed by atoms with Crippen molar-refractivity contribution in [1.82, 2.24) is 20.1 Å². The lowest BCUT2D eigenvalue weighted by Gasteiger charge is -2.29. The molecule has 33 heavy (non-hydrogen) atoms. The van der Waals surface area contributed by atoms with Crippen LogP contribution in [0.25, 0.3) is 0 Å². The van der Waals surface area contributed by atoms with Gasteiger partial charge in [-0.2, -0.15) is 5.10 Å².